The van der Waals surface area contributed by atoms with Crippen LogP contribution in [0, 0.1) is 11.8 Å². The summed E-state index contributed by atoms with van der Waals surface area (Å²) in [6, 6.07) is 5.85. The molecule has 1 fully saturated rings. The number of rotatable bonds is 4. The van der Waals surface area contributed by atoms with Crippen molar-refractivity contribution in [1.29, 1.82) is 0 Å². The SMILES string of the molecule is COc1ccc(COC2COC2)cc1C#CCN. The highest BCUT2D eigenvalue weighted by molar-refractivity contribution is 5.48. The van der Waals surface area contributed by atoms with Crippen molar-refractivity contribution in [3.8, 4) is 17.6 Å². The van der Waals surface area contributed by atoms with Gasteiger partial charge in [0.25, 0.3) is 0 Å². The van der Waals surface area contributed by atoms with Crippen LogP contribution in [-0.4, -0.2) is 33.0 Å². The molecule has 96 valence electrons. The number of methoxy groups -OCH3 is 1. The molecule has 1 saturated heterocycles. The van der Waals surface area contributed by atoms with Gasteiger partial charge in [0.2, 0.25) is 0 Å². The van der Waals surface area contributed by atoms with Gasteiger partial charge >= 0.3 is 0 Å². The maximum absolute atomic E-state index is 5.66. The van der Waals surface area contributed by atoms with Crippen LogP contribution >= 0.6 is 0 Å². The molecule has 0 radical (unpaired) electrons. The Hall–Kier alpha value is -1.54. The van der Waals surface area contributed by atoms with Crippen molar-refractivity contribution in [2.75, 3.05) is 26.9 Å². The maximum atomic E-state index is 5.66. The molecule has 1 heterocycles. The van der Waals surface area contributed by atoms with Crippen LogP contribution in [0.3, 0.4) is 0 Å². The van der Waals surface area contributed by atoms with Gasteiger partial charge in [0.1, 0.15) is 11.9 Å². The molecule has 0 amide bonds. The second-order valence-electron chi connectivity index (χ2n) is 4.01. The molecule has 0 aliphatic carbocycles. The average Bonchev–Trinajstić information content (AvgIpc) is 2.34. The van der Waals surface area contributed by atoms with Crippen LogP contribution in [0.15, 0.2) is 18.2 Å². The summed E-state index contributed by atoms with van der Waals surface area (Å²) >= 11 is 0. The van der Waals surface area contributed by atoms with E-state index in [0.717, 1.165) is 16.9 Å². The van der Waals surface area contributed by atoms with E-state index in [9.17, 15) is 0 Å². The average molecular weight is 247 g/mol. The molecule has 0 saturated carbocycles. The van der Waals surface area contributed by atoms with E-state index >= 15 is 0 Å². The monoisotopic (exact) mass is 247 g/mol. The molecule has 0 bridgehead atoms. The zero-order valence-corrected chi connectivity index (χ0v) is 10.4. The van der Waals surface area contributed by atoms with Crippen LogP contribution in [0.1, 0.15) is 11.1 Å². The van der Waals surface area contributed by atoms with Gasteiger partial charge in [0, 0.05) is 0 Å². The normalized spacial score (nSPS) is 14.6. The summed E-state index contributed by atoms with van der Waals surface area (Å²) in [7, 11) is 1.63. The Kier molecular flexibility index (Phi) is 4.59. The lowest BCUT2D eigenvalue weighted by atomic mass is 10.1. The van der Waals surface area contributed by atoms with Gasteiger partial charge in [-0.2, -0.15) is 0 Å². The van der Waals surface area contributed by atoms with Crippen molar-refractivity contribution in [3.63, 3.8) is 0 Å². The molecule has 0 spiro atoms. The van der Waals surface area contributed by atoms with Gasteiger partial charge in [0.05, 0.1) is 39.0 Å². The molecule has 4 nitrogen and oxygen atoms in total. The predicted molar refractivity (Wildman–Crippen MR) is 68.3 cm³/mol. The highest BCUT2D eigenvalue weighted by Gasteiger charge is 2.18. The minimum absolute atomic E-state index is 0.227. The van der Waals surface area contributed by atoms with Crippen LogP contribution in [0.4, 0.5) is 0 Å². The molecule has 18 heavy (non-hydrogen) atoms. The van der Waals surface area contributed by atoms with E-state index in [1.807, 2.05) is 18.2 Å². The van der Waals surface area contributed by atoms with E-state index in [-0.39, 0.29) is 6.10 Å². The first-order valence-corrected chi connectivity index (χ1v) is 5.88. The molecule has 0 aromatic heterocycles. The molecule has 2 N–H and O–H groups in total. The molecule has 1 aromatic rings. The summed E-state index contributed by atoms with van der Waals surface area (Å²) in [5.74, 6) is 6.59. The third-order valence-corrected chi connectivity index (χ3v) is 2.68. The first-order chi connectivity index (χ1) is 8.83. The van der Waals surface area contributed by atoms with Crippen LogP contribution in [0.2, 0.25) is 0 Å². The zero-order chi connectivity index (χ0) is 12.8. The fourth-order valence-corrected chi connectivity index (χ4v) is 1.61. The predicted octanol–water partition coefficient (Wildman–Crippen LogP) is 0.921. The topological polar surface area (TPSA) is 53.7 Å². The summed E-state index contributed by atoms with van der Waals surface area (Å²) in [5.41, 5.74) is 7.29. The second-order valence-corrected chi connectivity index (χ2v) is 4.01. The molecular weight excluding hydrogens is 230 g/mol. The van der Waals surface area contributed by atoms with Gasteiger partial charge in [-0.25, -0.2) is 0 Å². The highest BCUT2D eigenvalue weighted by atomic mass is 16.6. The van der Waals surface area contributed by atoms with Crippen LogP contribution in [-0.2, 0) is 16.1 Å². The Balaban J connectivity index is 2.06. The zero-order valence-electron chi connectivity index (χ0n) is 10.4. The first-order valence-electron chi connectivity index (χ1n) is 5.88. The number of nitrogens with two attached hydrogens (primary N) is 1. The molecule has 4 heteroatoms. The number of hydrogen-bond donors (Lipinski definition) is 1. The summed E-state index contributed by atoms with van der Waals surface area (Å²) in [6.07, 6.45) is 0.227. The van der Waals surface area contributed by atoms with Crippen molar-refractivity contribution >= 4 is 0 Å². The molecule has 1 aromatic carbocycles. The fourth-order valence-electron chi connectivity index (χ4n) is 1.61. The molecule has 0 atom stereocenters. The van der Waals surface area contributed by atoms with E-state index in [1.165, 1.54) is 0 Å². The smallest absolute Gasteiger partial charge is 0.134 e. The highest BCUT2D eigenvalue weighted by Crippen LogP contribution is 2.20. The Morgan fingerprint density at radius 3 is 2.89 bits per heavy atom. The van der Waals surface area contributed by atoms with Crippen molar-refractivity contribution in [2.24, 2.45) is 5.73 Å². The van der Waals surface area contributed by atoms with Crippen LogP contribution in [0.25, 0.3) is 0 Å². The number of benzene rings is 1. The first kappa shape index (κ1) is 12.9. The molecule has 1 aliphatic heterocycles. The third kappa shape index (κ3) is 3.23. The van der Waals surface area contributed by atoms with Gasteiger partial charge in [0.15, 0.2) is 0 Å². The third-order valence-electron chi connectivity index (χ3n) is 2.68. The van der Waals surface area contributed by atoms with Crippen molar-refractivity contribution in [2.45, 2.75) is 12.7 Å². The number of hydrogen-bond acceptors (Lipinski definition) is 4. The Labute approximate surface area is 107 Å². The second kappa shape index (κ2) is 6.41. The van der Waals surface area contributed by atoms with E-state index in [4.69, 9.17) is 19.9 Å². The van der Waals surface area contributed by atoms with E-state index in [0.29, 0.717) is 26.4 Å². The summed E-state index contributed by atoms with van der Waals surface area (Å²) in [5, 5.41) is 0. The number of ether oxygens (including phenoxy) is 3. The molecule has 1 aliphatic rings. The largest absolute Gasteiger partial charge is 0.495 e. The molecular formula is C14H17NO3. The fraction of sp³-hybridized carbons (Fsp3) is 0.429. The van der Waals surface area contributed by atoms with E-state index in [1.54, 1.807) is 7.11 Å². The minimum atomic E-state index is 0.227. The summed E-state index contributed by atoms with van der Waals surface area (Å²) in [6.45, 7) is 2.28. The lowest BCUT2D eigenvalue weighted by Crippen LogP contribution is -2.35. The lowest BCUT2D eigenvalue weighted by Gasteiger charge is -2.26. The summed E-state index contributed by atoms with van der Waals surface area (Å²) in [4.78, 5) is 0. The minimum Gasteiger partial charge on any atom is -0.495 e. The van der Waals surface area contributed by atoms with Crippen LogP contribution < -0.4 is 10.5 Å². The lowest BCUT2D eigenvalue weighted by molar-refractivity contribution is -0.135. The Morgan fingerprint density at radius 2 is 2.28 bits per heavy atom. The summed E-state index contributed by atoms with van der Waals surface area (Å²) < 4.78 is 16.0. The van der Waals surface area contributed by atoms with Crippen molar-refractivity contribution in [3.05, 3.63) is 29.3 Å². The van der Waals surface area contributed by atoms with Gasteiger partial charge in [-0.05, 0) is 17.7 Å². The quantitative estimate of drug-likeness (QED) is 0.804. The van der Waals surface area contributed by atoms with Gasteiger partial charge < -0.3 is 19.9 Å². The van der Waals surface area contributed by atoms with E-state index < -0.39 is 0 Å². The van der Waals surface area contributed by atoms with Gasteiger partial charge in [-0.1, -0.05) is 17.9 Å². The standard InChI is InChI=1S/C14H17NO3/c1-16-14-5-4-11(7-12(14)3-2-6-15)8-18-13-9-17-10-13/h4-5,7,13H,6,8-10,15H2,1H3. The van der Waals surface area contributed by atoms with Crippen molar-refractivity contribution < 1.29 is 14.2 Å². The van der Waals surface area contributed by atoms with Gasteiger partial charge in [-0.15, -0.1) is 0 Å². The maximum Gasteiger partial charge on any atom is 0.134 e. The van der Waals surface area contributed by atoms with E-state index in [2.05, 4.69) is 11.8 Å². The molecule has 2 rings (SSSR count). The Bertz CT molecular complexity index is 458. The Morgan fingerprint density at radius 1 is 1.44 bits per heavy atom. The van der Waals surface area contributed by atoms with Crippen molar-refractivity contribution in [1.82, 2.24) is 0 Å². The van der Waals surface area contributed by atoms with Crippen LogP contribution in [0.5, 0.6) is 5.75 Å². The molecule has 0 unspecified atom stereocenters. The van der Waals surface area contributed by atoms with Gasteiger partial charge in [-0.3, -0.25) is 0 Å².